The van der Waals surface area contributed by atoms with Crippen molar-refractivity contribution in [3.63, 3.8) is 0 Å². The summed E-state index contributed by atoms with van der Waals surface area (Å²) in [6, 6.07) is 17.0. The highest BCUT2D eigenvalue weighted by atomic mass is 35.5. The minimum Gasteiger partial charge on any atom is -0.481 e. The molecule has 0 fully saturated rings. The summed E-state index contributed by atoms with van der Waals surface area (Å²) in [7, 11) is 0. The van der Waals surface area contributed by atoms with Crippen molar-refractivity contribution < 1.29 is 9.53 Å². The second-order valence-corrected chi connectivity index (χ2v) is 6.08. The quantitative estimate of drug-likeness (QED) is 0.744. The summed E-state index contributed by atoms with van der Waals surface area (Å²) in [5, 5.41) is 1.70. The van der Waals surface area contributed by atoms with Crippen molar-refractivity contribution in [1.82, 2.24) is 4.98 Å². The van der Waals surface area contributed by atoms with Crippen LogP contribution in [0, 0.1) is 0 Å². The molecule has 3 rings (SSSR count). The number of carbonyl (C=O) groups is 1. The Morgan fingerprint density at radius 1 is 1.16 bits per heavy atom. The number of hydrogen-bond acceptors (Lipinski definition) is 3. The normalized spacial score (nSPS) is 12.4. The van der Waals surface area contributed by atoms with Gasteiger partial charge in [0.15, 0.2) is 6.10 Å². The molecule has 126 valence electrons. The van der Waals surface area contributed by atoms with E-state index in [9.17, 15) is 4.79 Å². The van der Waals surface area contributed by atoms with E-state index in [-0.39, 0.29) is 0 Å². The van der Waals surface area contributed by atoms with E-state index >= 15 is 0 Å². The minimum absolute atomic E-state index is 0.500. The molecular formula is C20H17ClN2O2. The third-order valence-electron chi connectivity index (χ3n) is 3.69. The molecule has 5 heteroatoms. The van der Waals surface area contributed by atoms with Crippen LogP contribution in [0.25, 0.3) is 23.1 Å². The summed E-state index contributed by atoms with van der Waals surface area (Å²) in [4.78, 5) is 15.7. The Morgan fingerprint density at radius 3 is 2.76 bits per heavy atom. The maximum absolute atomic E-state index is 11.1. The van der Waals surface area contributed by atoms with Gasteiger partial charge in [0.25, 0.3) is 5.91 Å². The number of rotatable bonds is 5. The summed E-state index contributed by atoms with van der Waals surface area (Å²) in [6.45, 7) is 1.62. The van der Waals surface area contributed by atoms with Gasteiger partial charge >= 0.3 is 0 Å². The second-order valence-electron chi connectivity index (χ2n) is 5.64. The first kappa shape index (κ1) is 17.0. The minimum atomic E-state index is -0.675. The molecular weight excluding hydrogens is 336 g/mol. The lowest BCUT2D eigenvalue weighted by atomic mass is 10.1. The molecule has 2 aromatic carbocycles. The number of fused-ring (bicyclic) bond motifs is 1. The molecule has 0 aliphatic heterocycles. The van der Waals surface area contributed by atoms with Gasteiger partial charge in [-0.15, -0.1) is 0 Å². The topological polar surface area (TPSA) is 65.2 Å². The Balaban J connectivity index is 1.81. The molecule has 0 bridgehead atoms. The number of halogens is 1. The SMILES string of the molecule is CC(Oc1cccc(/C=C/c2ccc3ccc(Cl)cc3n2)c1)C(N)=O. The monoisotopic (exact) mass is 352 g/mol. The summed E-state index contributed by atoms with van der Waals surface area (Å²) in [5.74, 6) is 0.0895. The molecule has 1 heterocycles. The number of benzene rings is 2. The van der Waals surface area contributed by atoms with Crippen molar-refractivity contribution in [1.29, 1.82) is 0 Å². The lowest BCUT2D eigenvalue weighted by Gasteiger charge is -2.11. The number of nitrogens with zero attached hydrogens (tertiary/aromatic N) is 1. The number of aromatic nitrogens is 1. The summed E-state index contributed by atoms with van der Waals surface area (Å²) in [5.41, 5.74) is 7.82. The van der Waals surface area contributed by atoms with Crippen molar-refractivity contribution >= 4 is 40.6 Å². The van der Waals surface area contributed by atoms with E-state index < -0.39 is 12.0 Å². The van der Waals surface area contributed by atoms with Crippen LogP contribution in [0.5, 0.6) is 5.75 Å². The lowest BCUT2D eigenvalue weighted by Crippen LogP contribution is -2.30. The van der Waals surface area contributed by atoms with E-state index in [2.05, 4.69) is 4.98 Å². The van der Waals surface area contributed by atoms with Crippen LogP contribution in [0.1, 0.15) is 18.2 Å². The van der Waals surface area contributed by atoms with E-state index in [1.807, 2.05) is 60.7 Å². The van der Waals surface area contributed by atoms with Crippen LogP contribution in [0.3, 0.4) is 0 Å². The van der Waals surface area contributed by atoms with Crippen LogP contribution in [-0.2, 0) is 4.79 Å². The maximum Gasteiger partial charge on any atom is 0.258 e. The van der Waals surface area contributed by atoms with Gasteiger partial charge in [-0.25, -0.2) is 4.98 Å². The molecule has 1 atom stereocenters. The number of amides is 1. The summed E-state index contributed by atoms with van der Waals surface area (Å²) >= 11 is 6.02. The third-order valence-corrected chi connectivity index (χ3v) is 3.93. The fraction of sp³-hybridized carbons (Fsp3) is 0.100. The lowest BCUT2D eigenvalue weighted by molar-refractivity contribution is -0.123. The van der Waals surface area contributed by atoms with Crippen LogP contribution in [-0.4, -0.2) is 17.0 Å². The van der Waals surface area contributed by atoms with Gasteiger partial charge in [0.2, 0.25) is 0 Å². The van der Waals surface area contributed by atoms with Crippen molar-refractivity contribution in [2.75, 3.05) is 0 Å². The number of carbonyl (C=O) groups excluding carboxylic acids is 1. The molecule has 4 nitrogen and oxygen atoms in total. The molecule has 0 radical (unpaired) electrons. The molecule has 25 heavy (non-hydrogen) atoms. The van der Waals surface area contributed by atoms with Crippen LogP contribution in [0.15, 0.2) is 54.6 Å². The van der Waals surface area contributed by atoms with E-state index in [1.165, 1.54) is 0 Å². The molecule has 2 N–H and O–H groups in total. The predicted octanol–water partition coefficient (Wildman–Crippen LogP) is 4.31. The zero-order valence-electron chi connectivity index (χ0n) is 13.6. The molecule has 0 saturated heterocycles. The smallest absolute Gasteiger partial charge is 0.258 e. The fourth-order valence-electron chi connectivity index (χ4n) is 2.33. The molecule has 0 aliphatic carbocycles. The standard InChI is InChI=1S/C20H17ClN2O2/c1-13(20(22)24)25-18-4-2-3-14(11-18)5-9-17-10-7-15-6-8-16(21)12-19(15)23-17/h2-13H,1H3,(H2,22,24)/b9-5+. The number of nitrogens with two attached hydrogens (primary N) is 1. The maximum atomic E-state index is 11.1. The second kappa shape index (κ2) is 7.36. The highest BCUT2D eigenvalue weighted by molar-refractivity contribution is 6.31. The third kappa shape index (κ3) is 4.37. The zero-order chi connectivity index (χ0) is 17.8. The molecule has 0 aliphatic rings. The molecule has 3 aromatic rings. The average molecular weight is 353 g/mol. The van der Waals surface area contributed by atoms with Gasteiger partial charge in [-0.1, -0.05) is 41.9 Å². The van der Waals surface area contributed by atoms with Crippen LogP contribution in [0.2, 0.25) is 5.02 Å². The van der Waals surface area contributed by atoms with E-state index in [4.69, 9.17) is 22.1 Å². The van der Waals surface area contributed by atoms with E-state index in [0.717, 1.165) is 22.2 Å². The Morgan fingerprint density at radius 2 is 1.96 bits per heavy atom. The van der Waals surface area contributed by atoms with Gasteiger partial charge in [-0.05, 0) is 48.9 Å². The van der Waals surface area contributed by atoms with Crippen LogP contribution >= 0.6 is 11.6 Å². The van der Waals surface area contributed by atoms with Gasteiger partial charge in [0.1, 0.15) is 5.75 Å². The first-order chi connectivity index (χ1) is 12.0. The van der Waals surface area contributed by atoms with E-state index in [0.29, 0.717) is 10.8 Å². The van der Waals surface area contributed by atoms with Gasteiger partial charge in [-0.3, -0.25) is 4.79 Å². The van der Waals surface area contributed by atoms with Crippen molar-refractivity contribution in [2.45, 2.75) is 13.0 Å². The summed E-state index contributed by atoms with van der Waals surface area (Å²) < 4.78 is 5.50. The molecule has 0 saturated carbocycles. The van der Waals surface area contributed by atoms with Crippen molar-refractivity contribution in [2.24, 2.45) is 5.73 Å². The van der Waals surface area contributed by atoms with Gasteiger partial charge in [-0.2, -0.15) is 0 Å². The summed E-state index contributed by atoms with van der Waals surface area (Å²) in [6.07, 6.45) is 3.17. The first-order valence-electron chi connectivity index (χ1n) is 7.82. The van der Waals surface area contributed by atoms with Crippen molar-refractivity contribution in [3.05, 3.63) is 70.9 Å². The average Bonchev–Trinajstić information content (AvgIpc) is 2.59. The molecule has 1 unspecified atom stereocenters. The van der Waals surface area contributed by atoms with Crippen LogP contribution in [0.4, 0.5) is 0 Å². The number of ether oxygens (including phenoxy) is 1. The first-order valence-corrected chi connectivity index (χ1v) is 8.19. The zero-order valence-corrected chi connectivity index (χ0v) is 14.4. The Hall–Kier alpha value is -2.85. The Kier molecular flexibility index (Phi) is 5.00. The van der Waals surface area contributed by atoms with E-state index in [1.54, 1.807) is 13.0 Å². The van der Waals surface area contributed by atoms with Gasteiger partial charge in [0.05, 0.1) is 11.2 Å². The fourth-order valence-corrected chi connectivity index (χ4v) is 2.50. The highest BCUT2D eigenvalue weighted by Gasteiger charge is 2.09. The van der Waals surface area contributed by atoms with Crippen molar-refractivity contribution in [3.8, 4) is 5.75 Å². The number of primary amides is 1. The number of hydrogen-bond donors (Lipinski definition) is 1. The Labute approximate surface area is 150 Å². The Bertz CT molecular complexity index is 953. The molecule has 1 aromatic heterocycles. The van der Waals surface area contributed by atoms with Gasteiger partial charge in [0, 0.05) is 10.4 Å². The number of pyridine rings is 1. The highest BCUT2D eigenvalue weighted by Crippen LogP contribution is 2.20. The molecule has 0 spiro atoms. The van der Waals surface area contributed by atoms with Crippen LogP contribution < -0.4 is 10.5 Å². The molecule has 1 amide bonds. The predicted molar refractivity (Wildman–Crippen MR) is 101 cm³/mol. The largest absolute Gasteiger partial charge is 0.481 e. The van der Waals surface area contributed by atoms with Gasteiger partial charge < -0.3 is 10.5 Å².